The van der Waals surface area contributed by atoms with Gasteiger partial charge in [0.05, 0.1) is 12.7 Å². The van der Waals surface area contributed by atoms with Gasteiger partial charge < -0.3 is 19.7 Å². The van der Waals surface area contributed by atoms with Crippen LogP contribution >= 0.6 is 0 Å². The molecular formula is C15H28N2O3. The van der Waals surface area contributed by atoms with Gasteiger partial charge in [0.2, 0.25) is 0 Å². The van der Waals surface area contributed by atoms with Gasteiger partial charge in [0.1, 0.15) is 0 Å². The van der Waals surface area contributed by atoms with Crippen molar-refractivity contribution in [1.82, 2.24) is 10.2 Å². The Kier molecular flexibility index (Phi) is 5.66. The molecule has 0 bridgehead atoms. The lowest BCUT2D eigenvalue weighted by Gasteiger charge is -2.20. The van der Waals surface area contributed by atoms with Crippen molar-refractivity contribution in [3.05, 3.63) is 0 Å². The first-order valence-electron chi connectivity index (χ1n) is 7.79. The van der Waals surface area contributed by atoms with E-state index < -0.39 is 0 Å². The molecule has 2 aliphatic rings. The normalized spacial score (nSPS) is 25.1. The highest BCUT2D eigenvalue weighted by Crippen LogP contribution is 2.28. The van der Waals surface area contributed by atoms with Gasteiger partial charge in [-0.05, 0) is 31.1 Å². The number of amides is 2. The summed E-state index contributed by atoms with van der Waals surface area (Å²) in [4.78, 5) is 13.8. The topological polar surface area (TPSA) is 50.8 Å². The molecular weight excluding hydrogens is 256 g/mol. The van der Waals surface area contributed by atoms with Gasteiger partial charge in [0, 0.05) is 32.8 Å². The van der Waals surface area contributed by atoms with Crippen LogP contribution in [0.1, 0.15) is 39.5 Å². The standard InChI is InChI=1S/C15H28N2O3/c1-15(2)6-8-17(12-15)14(18)16-7-4-9-19-11-13-5-3-10-20-13/h13H,3-12H2,1-2H3,(H,16,18)/t13-/m1/s1. The Morgan fingerprint density at radius 3 is 3.00 bits per heavy atom. The zero-order chi connectivity index (χ0) is 14.4. The number of urea groups is 1. The van der Waals surface area contributed by atoms with Crippen LogP contribution in [-0.4, -0.2) is 56.5 Å². The molecule has 2 saturated heterocycles. The Labute approximate surface area is 122 Å². The van der Waals surface area contributed by atoms with Crippen molar-refractivity contribution in [3.63, 3.8) is 0 Å². The Hall–Kier alpha value is -0.810. The van der Waals surface area contributed by atoms with Crippen LogP contribution in [-0.2, 0) is 9.47 Å². The summed E-state index contributed by atoms with van der Waals surface area (Å²) in [6.07, 6.45) is 4.50. The number of nitrogens with one attached hydrogen (secondary N) is 1. The van der Waals surface area contributed by atoms with E-state index in [1.165, 1.54) is 0 Å². The van der Waals surface area contributed by atoms with E-state index in [1.54, 1.807) is 0 Å². The van der Waals surface area contributed by atoms with E-state index in [2.05, 4.69) is 19.2 Å². The molecule has 2 aliphatic heterocycles. The maximum absolute atomic E-state index is 11.9. The molecule has 0 unspecified atom stereocenters. The average Bonchev–Trinajstić information content (AvgIpc) is 3.02. The molecule has 20 heavy (non-hydrogen) atoms. The third kappa shape index (κ3) is 4.94. The van der Waals surface area contributed by atoms with Gasteiger partial charge in [0.15, 0.2) is 0 Å². The summed E-state index contributed by atoms with van der Waals surface area (Å²) in [6.45, 7) is 9.07. The van der Waals surface area contributed by atoms with Crippen molar-refractivity contribution in [2.24, 2.45) is 5.41 Å². The summed E-state index contributed by atoms with van der Waals surface area (Å²) in [5.41, 5.74) is 0.266. The molecule has 2 fully saturated rings. The fourth-order valence-corrected chi connectivity index (χ4v) is 2.76. The minimum Gasteiger partial charge on any atom is -0.379 e. The van der Waals surface area contributed by atoms with Gasteiger partial charge in [0.25, 0.3) is 0 Å². The van der Waals surface area contributed by atoms with Crippen LogP contribution in [0.5, 0.6) is 0 Å². The zero-order valence-electron chi connectivity index (χ0n) is 12.8. The van der Waals surface area contributed by atoms with Gasteiger partial charge in [-0.15, -0.1) is 0 Å². The molecule has 0 aromatic rings. The molecule has 0 radical (unpaired) electrons. The summed E-state index contributed by atoms with van der Waals surface area (Å²) < 4.78 is 11.1. The average molecular weight is 284 g/mol. The van der Waals surface area contributed by atoms with E-state index in [4.69, 9.17) is 9.47 Å². The van der Waals surface area contributed by atoms with E-state index in [0.717, 1.165) is 45.4 Å². The highest BCUT2D eigenvalue weighted by Gasteiger charge is 2.31. The van der Waals surface area contributed by atoms with Crippen molar-refractivity contribution >= 4 is 6.03 Å². The maximum atomic E-state index is 11.9. The molecule has 1 N–H and O–H groups in total. The van der Waals surface area contributed by atoms with Gasteiger partial charge in [-0.2, -0.15) is 0 Å². The van der Waals surface area contributed by atoms with Crippen LogP contribution in [0.3, 0.4) is 0 Å². The molecule has 2 amide bonds. The quantitative estimate of drug-likeness (QED) is 0.759. The Balaban J connectivity index is 1.47. The molecule has 0 aromatic carbocycles. The number of hydrogen-bond acceptors (Lipinski definition) is 3. The van der Waals surface area contributed by atoms with Gasteiger partial charge >= 0.3 is 6.03 Å². The number of nitrogens with zero attached hydrogens (tertiary/aromatic N) is 1. The summed E-state index contributed by atoms with van der Waals surface area (Å²) >= 11 is 0. The van der Waals surface area contributed by atoms with Crippen LogP contribution < -0.4 is 5.32 Å². The van der Waals surface area contributed by atoms with Crippen molar-refractivity contribution in [2.75, 3.05) is 39.5 Å². The third-order valence-corrected chi connectivity index (χ3v) is 4.03. The van der Waals surface area contributed by atoms with Crippen LogP contribution in [0, 0.1) is 5.41 Å². The van der Waals surface area contributed by atoms with Crippen LogP contribution in [0.2, 0.25) is 0 Å². The lowest BCUT2D eigenvalue weighted by molar-refractivity contribution is 0.0167. The van der Waals surface area contributed by atoms with Crippen LogP contribution in [0.25, 0.3) is 0 Å². The van der Waals surface area contributed by atoms with Crippen LogP contribution in [0.4, 0.5) is 4.79 Å². The summed E-state index contributed by atoms with van der Waals surface area (Å²) in [5, 5.41) is 2.97. The first-order chi connectivity index (χ1) is 9.57. The lowest BCUT2D eigenvalue weighted by Crippen LogP contribution is -2.39. The number of carbonyl (C=O) groups is 1. The highest BCUT2D eigenvalue weighted by molar-refractivity contribution is 5.74. The second-order valence-electron chi connectivity index (χ2n) is 6.63. The SMILES string of the molecule is CC1(C)CCN(C(=O)NCCCOC[C@H]2CCCO2)C1. The van der Waals surface area contributed by atoms with Gasteiger partial charge in [-0.1, -0.05) is 13.8 Å². The molecule has 0 aromatic heterocycles. The molecule has 116 valence electrons. The number of ether oxygens (including phenoxy) is 2. The molecule has 5 heteroatoms. The first kappa shape index (κ1) is 15.6. The third-order valence-electron chi connectivity index (χ3n) is 4.03. The van der Waals surface area contributed by atoms with E-state index >= 15 is 0 Å². The number of rotatable bonds is 6. The molecule has 5 nitrogen and oxygen atoms in total. The second kappa shape index (κ2) is 7.27. The fraction of sp³-hybridized carbons (Fsp3) is 0.933. The fourth-order valence-electron chi connectivity index (χ4n) is 2.76. The molecule has 2 rings (SSSR count). The number of carbonyl (C=O) groups excluding carboxylic acids is 1. The maximum Gasteiger partial charge on any atom is 0.317 e. The van der Waals surface area contributed by atoms with E-state index in [0.29, 0.717) is 19.8 Å². The summed E-state index contributed by atoms with van der Waals surface area (Å²) in [5.74, 6) is 0. The Bertz CT molecular complexity index is 314. The Morgan fingerprint density at radius 1 is 1.50 bits per heavy atom. The van der Waals surface area contributed by atoms with E-state index in [-0.39, 0.29) is 17.6 Å². The monoisotopic (exact) mass is 284 g/mol. The molecule has 0 spiro atoms. The van der Waals surface area contributed by atoms with Crippen LogP contribution in [0.15, 0.2) is 0 Å². The lowest BCUT2D eigenvalue weighted by atomic mass is 9.93. The molecule has 2 heterocycles. The van der Waals surface area contributed by atoms with Crippen molar-refractivity contribution < 1.29 is 14.3 Å². The van der Waals surface area contributed by atoms with Crippen molar-refractivity contribution in [3.8, 4) is 0 Å². The second-order valence-corrected chi connectivity index (χ2v) is 6.63. The first-order valence-corrected chi connectivity index (χ1v) is 7.79. The van der Waals surface area contributed by atoms with Gasteiger partial charge in [-0.3, -0.25) is 0 Å². The summed E-state index contributed by atoms with van der Waals surface area (Å²) in [7, 11) is 0. The number of hydrogen-bond donors (Lipinski definition) is 1. The summed E-state index contributed by atoms with van der Waals surface area (Å²) in [6, 6.07) is 0.0645. The zero-order valence-corrected chi connectivity index (χ0v) is 12.8. The minimum absolute atomic E-state index is 0.0645. The predicted molar refractivity (Wildman–Crippen MR) is 77.8 cm³/mol. The van der Waals surface area contributed by atoms with Crippen molar-refractivity contribution in [2.45, 2.75) is 45.6 Å². The Morgan fingerprint density at radius 2 is 2.35 bits per heavy atom. The molecule has 1 atom stereocenters. The molecule has 0 saturated carbocycles. The molecule has 0 aliphatic carbocycles. The van der Waals surface area contributed by atoms with Crippen molar-refractivity contribution in [1.29, 1.82) is 0 Å². The predicted octanol–water partition coefficient (Wildman–Crippen LogP) is 2.01. The van der Waals surface area contributed by atoms with Gasteiger partial charge in [-0.25, -0.2) is 4.79 Å². The smallest absolute Gasteiger partial charge is 0.317 e. The van der Waals surface area contributed by atoms with E-state index in [1.807, 2.05) is 4.90 Å². The van der Waals surface area contributed by atoms with E-state index in [9.17, 15) is 4.79 Å². The largest absolute Gasteiger partial charge is 0.379 e. The minimum atomic E-state index is 0.0645. The highest BCUT2D eigenvalue weighted by atomic mass is 16.5. The number of likely N-dealkylation sites (tertiary alicyclic amines) is 1.